The van der Waals surface area contributed by atoms with Crippen molar-refractivity contribution in [1.29, 1.82) is 0 Å². The lowest BCUT2D eigenvalue weighted by atomic mass is 10.1. The van der Waals surface area contributed by atoms with Gasteiger partial charge in [0.2, 0.25) is 5.91 Å². The average Bonchev–Trinajstić information content (AvgIpc) is 2.85. The zero-order valence-electron chi connectivity index (χ0n) is 18.8. The van der Waals surface area contributed by atoms with Crippen LogP contribution in [0.4, 0.5) is 11.4 Å². The minimum absolute atomic E-state index is 0.0165. The number of nitrogens with zero attached hydrogens (tertiary/aromatic N) is 1. The standard InChI is InChI=1S/C24H30N4O5/c1-32-12-4-9-25-23(30)18-5-2-8-21(15-18)27-22(29)17-26-20-7-3-6-19(16-20)24(31)28-10-13-33-14-11-28/h2-3,5-8,15-16,26H,4,9-14,17H2,1H3,(H,25,30)(H,27,29). The van der Waals surface area contributed by atoms with Gasteiger partial charge in [0.25, 0.3) is 11.8 Å². The molecule has 0 atom stereocenters. The van der Waals surface area contributed by atoms with Crippen LogP contribution in [0.1, 0.15) is 27.1 Å². The van der Waals surface area contributed by atoms with E-state index in [0.717, 1.165) is 6.42 Å². The molecule has 0 spiro atoms. The molecule has 176 valence electrons. The smallest absolute Gasteiger partial charge is 0.254 e. The van der Waals surface area contributed by atoms with Crippen LogP contribution in [0.15, 0.2) is 48.5 Å². The molecular weight excluding hydrogens is 424 g/mol. The predicted octanol–water partition coefficient (Wildman–Crippen LogP) is 1.98. The van der Waals surface area contributed by atoms with Crippen molar-refractivity contribution in [3.8, 4) is 0 Å². The third-order valence-electron chi connectivity index (χ3n) is 5.08. The lowest BCUT2D eigenvalue weighted by molar-refractivity contribution is -0.114. The Kier molecular flexibility index (Phi) is 9.22. The number of carbonyl (C=O) groups excluding carboxylic acids is 3. The number of ether oxygens (including phenoxy) is 2. The number of morpholine rings is 1. The maximum absolute atomic E-state index is 12.6. The Balaban J connectivity index is 1.50. The van der Waals surface area contributed by atoms with Gasteiger partial charge in [-0.05, 0) is 42.8 Å². The second kappa shape index (κ2) is 12.6. The highest BCUT2D eigenvalue weighted by Gasteiger charge is 2.18. The van der Waals surface area contributed by atoms with E-state index < -0.39 is 0 Å². The molecule has 0 unspecified atom stereocenters. The van der Waals surface area contributed by atoms with Gasteiger partial charge in [-0.1, -0.05) is 12.1 Å². The fourth-order valence-corrected chi connectivity index (χ4v) is 3.36. The lowest BCUT2D eigenvalue weighted by Gasteiger charge is -2.27. The summed E-state index contributed by atoms with van der Waals surface area (Å²) in [6.45, 7) is 3.34. The number of amides is 3. The second-order valence-corrected chi connectivity index (χ2v) is 7.57. The van der Waals surface area contributed by atoms with E-state index in [1.165, 1.54) is 0 Å². The maximum atomic E-state index is 12.6. The van der Waals surface area contributed by atoms with Gasteiger partial charge in [-0.15, -0.1) is 0 Å². The normalized spacial score (nSPS) is 13.3. The first-order chi connectivity index (χ1) is 16.1. The van der Waals surface area contributed by atoms with Crippen LogP contribution in [0, 0.1) is 0 Å². The van der Waals surface area contributed by atoms with E-state index in [9.17, 15) is 14.4 Å². The Morgan fingerprint density at radius 2 is 1.70 bits per heavy atom. The van der Waals surface area contributed by atoms with Crippen LogP contribution in [-0.4, -0.2) is 75.7 Å². The zero-order valence-corrected chi connectivity index (χ0v) is 18.8. The van der Waals surface area contributed by atoms with E-state index in [0.29, 0.717) is 62.0 Å². The fourth-order valence-electron chi connectivity index (χ4n) is 3.36. The van der Waals surface area contributed by atoms with Crippen LogP contribution in [-0.2, 0) is 14.3 Å². The van der Waals surface area contributed by atoms with Gasteiger partial charge >= 0.3 is 0 Å². The molecule has 1 aliphatic heterocycles. The molecule has 3 rings (SSSR count). The first-order valence-electron chi connectivity index (χ1n) is 10.9. The van der Waals surface area contributed by atoms with Crippen molar-refractivity contribution in [2.24, 2.45) is 0 Å². The summed E-state index contributed by atoms with van der Waals surface area (Å²) >= 11 is 0. The second-order valence-electron chi connectivity index (χ2n) is 7.57. The van der Waals surface area contributed by atoms with E-state index >= 15 is 0 Å². The van der Waals surface area contributed by atoms with Gasteiger partial charge in [0, 0.05) is 55.9 Å². The molecule has 0 saturated carbocycles. The van der Waals surface area contributed by atoms with Gasteiger partial charge in [-0.2, -0.15) is 0 Å². The summed E-state index contributed by atoms with van der Waals surface area (Å²) in [6, 6.07) is 13.8. The summed E-state index contributed by atoms with van der Waals surface area (Å²) in [4.78, 5) is 39.0. The molecule has 3 N–H and O–H groups in total. The zero-order chi connectivity index (χ0) is 23.5. The SMILES string of the molecule is COCCCNC(=O)c1cccc(NC(=O)CNc2cccc(C(=O)N3CCOCC3)c2)c1. The van der Waals surface area contributed by atoms with E-state index in [4.69, 9.17) is 9.47 Å². The predicted molar refractivity (Wildman–Crippen MR) is 126 cm³/mol. The van der Waals surface area contributed by atoms with Crippen LogP contribution >= 0.6 is 0 Å². The molecule has 2 aromatic carbocycles. The number of nitrogens with one attached hydrogen (secondary N) is 3. The molecule has 9 heteroatoms. The van der Waals surface area contributed by atoms with Gasteiger partial charge in [0.05, 0.1) is 19.8 Å². The van der Waals surface area contributed by atoms with Crippen molar-refractivity contribution in [3.63, 3.8) is 0 Å². The van der Waals surface area contributed by atoms with Crippen LogP contribution in [0.2, 0.25) is 0 Å². The van der Waals surface area contributed by atoms with Crippen molar-refractivity contribution in [1.82, 2.24) is 10.2 Å². The molecular formula is C24H30N4O5. The Hall–Kier alpha value is -3.43. The minimum Gasteiger partial charge on any atom is -0.385 e. The fraction of sp³-hybridized carbons (Fsp3) is 0.375. The molecule has 0 bridgehead atoms. The van der Waals surface area contributed by atoms with E-state index in [-0.39, 0.29) is 24.3 Å². The minimum atomic E-state index is -0.266. The topological polar surface area (TPSA) is 109 Å². The number of anilines is 2. The molecule has 1 saturated heterocycles. The van der Waals surface area contributed by atoms with Gasteiger partial charge < -0.3 is 30.3 Å². The Bertz CT molecular complexity index is 959. The third-order valence-corrected chi connectivity index (χ3v) is 5.08. The summed E-state index contributed by atoms with van der Waals surface area (Å²) in [5.74, 6) is -0.525. The van der Waals surface area contributed by atoms with E-state index in [1.807, 2.05) is 0 Å². The first-order valence-corrected chi connectivity index (χ1v) is 10.9. The first kappa shape index (κ1) is 24.2. The maximum Gasteiger partial charge on any atom is 0.254 e. The number of hydrogen-bond donors (Lipinski definition) is 3. The molecule has 1 heterocycles. The highest BCUT2D eigenvalue weighted by atomic mass is 16.5. The highest BCUT2D eigenvalue weighted by Crippen LogP contribution is 2.14. The largest absolute Gasteiger partial charge is 0.385 e. The average molecular weight is 455 g/mol. The highest BCUT2D eigenvalue weighted by molar-refractivity contribution is 5.98. The molecule has 33 heavy (non-hydrogen) atoms. The summed E-state index contributed by atoms with van der Waals surface area (Å²) in [5.41, 5.74) is 2.23. The molecule has 2 aromatic rings. The lowest BCUT2D eigenvalue weighted by Crippen LogP contribution is -2.40. The molecule has 1 fully saturated rings. The molecule has 1 aliphatic rings. The van der Waals surface area contributed by atoms with E-state index in [2.05, 4.69) is 16.0 Å². The van der Waals surface area contributed by atoms with Crippen molar-refractivity contribution in [2.75, 3.05) is 63.7 Å². The molecule has 0 aromatic heterocycles. The summed E-state index contributed by atoms with van der Waals surface area (Å²) in [5, 5.41) is 8.64. The third kappa shape index (κ3) is 7.58. The summed E-state index contributed by atoms with van der Waals surface area (Å²) in [6.07, 6.45) is 0.726. The van der Waals surface area contributed by atoms with Crippen molar-refractivity contribution in [2.45, 2.75) is 6.42 Å². The molecule has 0 aliphatic carbocycles. The van der Waals surface area contributed by atoms with Gasteiger partial charge in [-0.3, -0.25) is 14.4 Å². The van der Waals surface area contributed by atoms with Crippen LogP contribution in [0.3, 0.4) is 0 Å². The number of benzene rings is 2. The Labute approximate surface area is 193 Å². The van der Waals surface area contributed by atoms with Crippen molar-refractivity contribution in [3.05, 3.63) is 59.7 Å². The monoisotopic (exact) mass is 454 g/mol. The quantitative estimate of drug-likeness (QED) is 0.474. The van der Waals surface area contributed by atoms with Gasteiger partial charge in [-0.25, -0.2) is 0 Å². The molecule has 9 nitrogen and oxygen atoms in total. The number of rotatable bonds is 10. The Morgan fingerprint density at radius 1 is 1.00 bits per heavy atom. The van der Waals surface area contributed by atoms with E-state index in [1.54, 1.807) is 60.5 Å². The Morgan fingerprint density at radius 3 is 2.45 bits per heavy atom. The summed E-state index contributed by atoms with van der Waals surface area (Å²) in [7, 11) is 1.62. The van der Waals surface area contributed by atoms with Gasteiger partial charge in [0.1, 0.15) is 0 Å². The summed E-state index contributed by atoms with van der Waals surface area (Å²) < 4.78 is 10.3. The number of methoxy groups -OCH3 is 1. The molecule has 0 radical (unpaired) electrons. The molecule has 3 amide bonds. The van der Waals surface area contributed by atoms with Crippen LogP contribution in [0.25, 0.3) is 0 Å². The van der Waals surface area contributed by atoms with Crippen molar-refractivity contribution < 1.29 is 23.9 Å². The van der Waals surface area contributed by atoms with Crippen LogP contribution in [0.5, 0.6) is 0 Å². The number of hydrogen-bond acceptors (Lipinski definition) is 6. The van der Waals surface area contributed by atoms with Crippen LogP contribution < -0.4 is 16.0 Å². The van der Waals surface area contributed by atoms with Gasteiger partial charge in [0.15, 0.2) is 0 Å². The number of carbonyl (C=O) groups is 3. The van der Waals surface area contributed by atoms with Crippen molar-refractivity contribution >= 4 is 29.1 Å².